The summed E-state index contributed by atoms with van der Waals surface area (Å²) >= 11 is 0. The zero-order chi connectivity index (χ0) is 11.5. The summed E-state index contributed by atoms with van der Waals surface area (Å²) in [6, 6.07) is -0.912. The van der Waals surface area contributed by atoms with Crippen LogP contribution in [0.2, 0.25) is 0 Å². The highest BCUT2D eigenvalue weighted by molar-refractivity contribution is 5.83. The first kappa shape index (κ1) is 11.2. The van der Waals surface area contributed by atoms with E-state index in [2.05, 4.69) is 5.32 Å². The van der Waals surface area contributed by atoms with Gasteiger partial charge in [0.1, 0.15) is 6.04 Å². The number of likely N-dealkylation sites (tertiary alicyclic amines) is 1. The number of nitrogens with zero attached hydrogens (tertiary/aromatic N) is 1. The second-order valence-electron chi connectivity index (χ2n) is 4.20. The molecule has 2 unspecified atom stereocenters. The number of urea groups is 1. The monoisotopic (exact) mass is 228 g/mol. The van der Waals surface area contributed by atoms with E-state index in [-0.39, 0.29) is 12.1 Å². The summed E-state index contributed by atoms with van der Waals surface area (Å²) in [4.78, 5) is 24.1. The van der Waals surface area contributed by atoms with E-state index in [0.29, 0.717) is 26.2 Å². The molecule has 0 aliphatic carbocycles. The van der Waals surface area contributed by atoms with Gasteiger partial charge in [0.05, 0.1) is 12.6 Å². The van der Waals surface area contributed by atoms with Crippen LogP contribution in [0.15, 0.2) is 0 Å². The van der Waals surface area contributed by atoms with Crippen molar-refractivity contribution < 1.29 is 19.4 Å². The van der Waals surface area contributed by atoms with Gasteiger partial charge >= 0.3 is 12.0 Å². The van der Waals surface area contributed by atoms with Crippen LogP contribution in [0.1, 0.15) is 19.3 Å². The molecule has 2 amide bonds. The lowest BCUT2D eigenvalue weighted by Gasteiger charge is -2.23. The van der Waals surface area contributed by atoms with E-state index in [1.165, 1.54) is 4.90 Å². The number of aliphatic carboxylic acids is 1. The van der Waals surface area contributed by atoms with Gasteiger partial charge in [-0.2, -0.15) is 0 Å². The number of ether oxygens (including phenoxy) is 1. The lowest BCUT2D eigenvalue weighted by Crippen LogP contribution is -2.49. The normalized spacial score (nSPS) is 29.4. The zero-order valence-corrected chi connectivity index (χ0v) is 9.02. The molecule has 16 heavy (non-hydrogen) atoms. The topological polar surface area (TPSA) is 78.9 Å². The van der Waals surface area contributed by atoms with Crippen molar-refractivity contribution in [3.8, 4) is 0 Å². The van der Waals surface area contributed by atoms with Crippen molar-refractivity contribution in [2.45, 2.75) is 31.3 Å². The van der Waals surface area contributed by atoms with Crippen LogP contribution < -0.4 is 5.32 Å². The van der Waals surface area contributed by atoms with Crippen molar-refractivity contribution in [2.75, 3.05) is 19.8 Å². The SMILES string of the molecule is O=C(O)C1CCCN1C(=O)NC1CCOC1. The maximum atomic E-state index is 11.8. The van der Waals surface area contributed by atoms with Crippen molar-refractivity contribution in [3.05, 3.63) is 0 Å². The van der Waals surface area contributed by atoms with E-state index in [1.54, 1.807) is 0 Å². The highest BCUT2D eigenvalue weighted by Crippen LogP contribution is 2.17. The van der Waals surface area contributed by atoms with Gasteiger partial charge in [-0.25, -0.2) is 9.59 Å². The smallest absolute Gasteiger partial charge is 0.326 e. The third-order valence-corrected chi connectivity index (χ3v) is 3.06. The summed E-state index contributed by atoms with van der Waals surface area (Å²) in [7, 11) is 0. The van der Waals surface area contributed by atoms with Crippen molar-refractivity contribution in [1.29, 1.82) is 0 Å². The molecule has 6 nitrogen and oxygen atoms in total. The summed E-state index contributed by atoms with van der Waals surface area (Å²) in [5, 5.41) is 11.8. The van der Waals surface area contributed by atoms with Crippen LogP contribution in [0, 0.1) is 0 Å². The van der Waals surface area contributed by atoms with E-state index in [4.69, 9.17) is 9.84 Å². The Hall–Kier alpha value is -1.30. The molecule has 2 atom stereocenters. The fraction of sp³-hybridized carbons (Fsp3) is 0.800. The van der Waals surface area contributed by atoms with Crippen molar-refractivity contribution >= 4 is 12.0 Å². The fourth-order valence-corrected chi connectivity index (χ4v) is 2.17. The van der Waals surface area contributed by atoms with Gasteiger partial charge in [0, 0.05) is 13.2 Å². The Morgan fingerprint density at radius 2 is 2.19 bits per heavy atom. The number of hydrogen-bond acceptors (Lipinski definition) is 3. The first-order valence-electron chi connectivity index (χ1n) is 5.56. The van der Waals surface area contributed by atoms with Crippen LogP contribution in [-0.4, -0.2) is 53.8 Å². The summed E-state index contributed by atoms with van der Waals surface area (Å²) in [6.07, 6.45) is 2.10. The molecule has 0 aromatic heterocycles. The van der Waals surface area contributed by atoms with Gasteiger partial charge in [-0.1, -0.05) is 0 Å². The minimum Gasteiger partial charge on any atom is -0.480 e. The summed E-state index contributed by atoms with van der Waals surface area (Å²) < 4.78 is 5.15. The van der Waals surface area contributed by atoms with Crippen molar-refractivity contribution in [3.63, 3.8) is 0 Å². The Balaban J connectivity index is 1.90. The quantitative estimate of drug-likeness (QED) is 0.699. The summed E-state index contributed by atoms with van der Waals surface area (Å²) in [6.45, 7) is 1.71. The lowest BCUT2D eigenvalue weighted by atomic mass is 10.2. The number of carboxylic acids is 1. The molecule has 2 N–H and O–H groups in total. The van der Waals surface area contributed by atoms with Gasteiger partial charge in [0.25, 0.3) is 0 Å². The highest BCUT2D eigenvalue weighted by atomic mass is 16.5. The van der Waals surface area contributed by atoms with Gasteiger partial charge in [0.2, 0.25) is 0 Å². The second-order valence-corrected chi connectivity index (χ2v) is 4.20. The third-order valence-electron chi connectivity index (χ3n) is 3.06. The minimum atomic E-state index is -0.921. The minimum absolute atomic E-state index is 0.0301. The fourth-order valence-electron chi connectivity index (χ4n) is 2.17. The van der Waals surface area contributed by atoms with Crippen LogP contribution in [0.25, 0.3) is 0 Å². The van der Waals surface area contributed by atoms with Crippen LogP contribution in [0.5, 0.6) is 0 Å². The van der Waals surface area contributed by atoms with Crippen LogP contribution in [0.4, 0.5) is 4.79 Å². The summed E-state index contributed by atoms with van der Waals surface area (Å²) in [5.74, 6) is -0.921. The molecule has 2 heterocycles. The number of rotatable bonds is 2. The number of carboxylic acid groups (broad SMARTS) is 1. The first-order valence-corrected chi connectivity index (χ1v) is 5.56. The van der Waals surface area contributed by atoms with Gasteiger partial charge in [-0.15, -0.1) is 0 Å². The largest absolute Gasteiger partial charge is 0.480 e. The molecule has 0 radical (unpaired) electrons. The maximum absolute atomic E-state index is 11.8. The molecule has 0 spiro atoms. The molecule has 0 saturated carbocycles. The summed E-state index contributed by atoms with van der Waals surface area (Å²) in [5.41, 5.74) is 0. The van der Waals surface area contributed by atoms with E-state index in [0.717, 1.165) is 12.8 Å². The Kier molecular flexibility index (Phi) is 3.28. The lowest BCUT2D eigenvalue weighted by molar-refractivity contribution is -0.141. The number of nitrogens with one attached hydrogen (secondary N) is 1. The Labute approximate surface area is 93.6 Å². The van der Waals surface area contributed by atoms with Crippen molar-refractivity contribution in [1.82, 2.24) is 10.2 Å². The van der Waals surface area contributed by atoms with Gasteiger partial charge in [0.15, 0.2) is 0 Å². The molecule has 0 aromatic rings. The van der Waals surface area contributed by atoms with Gasteiger partial charge in [-0.3, -0.25) is 0 Å². The van der Waals surface area contributed by atoms with E-state index in [1.807, 2.05) is 0 Å². The Morgan fingerprint density at radius 3 is 2.81 bits per heavy atom. The van der Waals surface area contributed by atoms with E-state index >= 15 is 0 Å². The molecule has 2 aliphatic heterocycles. The second kappa shape index (κ2) is 4.69. The zero-order valence-electron chi connectivity index (χ0n) is 9.02. The van der Waals surface area contributed by atoms with Gasteiger partial charge in [-0.05, 0) is 19.3 Å². The molecule has 0 aromatic carbocycles. The number of amides is 2. The standard InChI is InChI=1S/C10H16N2O4/c13-9(14)8-2-1-4-12(8)10(15)11-7-3-5-16-6-7/h7-8H,1-6H2,(H,11,15)(H,13,14). The first-order chi connectivity index (χ1) is 7.68. The molecule has 90 valence electrons. The number of carbonyl (C=O) groups is 2. The molecular weight excluding hydrogens is 212 g/mol. The molecule has 2 aliphatic rings. The van der Waals surface area contributed by atoms with Crippen molar-refractivity contribution in [2.24, 2.45) is 0 Å². The molecule has 2 saturated heterocycles. The maximum Gasteiger partial charge on any atom is 0.326 e. The van der Waals surface area contributed by atoms with Gasteiger partial charge < -0.3 is 20.1 Å². The Bertz CT molecular complexity index is 289. The molecule has 6 heteroatoms. The van der Waals surface area contributed by atoms with E-state index in [9.17, 15) is 9.59 Å². The van der Waals surface area contributed by atoms with Crippen LogP contribution >= 0.6 is 0 Å². The molecular formula is C10H16N2O4. The predicted octanol–water partition coefficient (Wildman–Crippen LogP) is 0.0339. The molecule has 2 rings (SSSR count). The number of hydrogen-bond donors (Lipinski definition) is 2. The molecule has 2 fully saturated rings. The molecule has 0 bridgehead atoms. The third kappa shape index (κ3) is 2.27. The average Bonchev–Trinajstić information content (AvgIpc) is 2.86. The predicted molar refractivity (Wildman–Crippen MR) is 55.1 cm³/mol. The highest BCUT2D eigenvalue weighted by Gasteiger charge is 2.34. The number of carbonyl (C=O) groups excluding carboxylic acids is 1. The van der Waals surface area contributed by atoms with Crippen LogP contribution in [-0.2, 0) is 9.53 Å². The van der Waals surface area contributed by atoms with Crippen LogP contribution in [0.3, 0.4) is 0 Å². The average molecular weight is 228 g/mol. The van der Waals surface area contributed by atoms with E-state index < -0.39 is 12.0 Å². The Morgan fingerprint density at radius 1 is 1.38 bits per heavy atom.